The van der Waals surface area contributed by atoms with E-state index in [1.165, 1.54) is 0 Å². The van der Waals surface area contributed by atoms with E-state index in [-0.39, 0.29) is 37.6 Å². The summed E-state index contributed by atoms with van der Waals surface area (Å²) in [4.78, 5) is 59.1. The van der Waals surface area contributed by atoms with Crippen molar-refractivity contribution in [2.45, 2.75) is 77.9 Å². The zero-order valence-corrected chi connectivity index (χ0v) is 18.7. The molecule has 10 nitrogen and oxygen atoms in total. The van der Waals surface area contributed by atoms with Crippen molar-refractivity contribution in [3.8, 4) is 0 Å². The lowest BCUT2D eigenvalue weighted by atomic mass is 10.0. The number of carbonyl (C=O) groups excluding carboxylic acids is 4. The first kappa shape index (κ1) is 29.2. The molecule has 0 saturated carbocycles. The Balaban J connectivity index is 5.34. The van der Waals surface area contributed by atoms with Crippen LogP contribution >= 0.6 is 0 Å². The van der Waals surface area contributed by atoms with Crippen LogP contribution in [-0.4, -0.2) is 66.4 Å². The largest absolute Gasteiger partial charge is 0.481 e. The number of carbonyl (C=O) groups is 5. The Morgan fingerprint density at radius 2 is 1.50 bits per heavy atom. The number of aliphatic carboxylic acids is 1. The Morgan fingerprint density at radius 3 is 1.97 bits per heavy atom. The topological polar surface area (TPSA) is 151 Å². The van der Waals surface area contributed by atoms with Crippen molar-refractivity contribution in [2.75, 3.05) is 6.61 Å². The van der Waals surface area contributed by atoms with Crippen LogP contribution in [0.3, 0.4) is 0 Å². The van der Waals surface area contributed by atoms with Gasteiger partial charge in [0.25, 0.3) is 0 Å². The average Bonchev–Trinajstić information content (AvgIpc) is 2.67. The molecule has 0 aliphatic heterocycles. The summed E-state index contributed by atoms with van der Waals surface area (Å²) < 4.78 is 30.1. The first-order valence-electron chi connectivity index (χ1n) is 10.3. The maximum atomic E-state index is 12.7. The van der Waals surface area contributed by atoms with E-state index < -0.39 is 61.3 Å². The zero-order valence-electron chi connectivity index (χ0n) is 18.7. The lowest BCUT2D eigenvalue weighted by molar-refractivity contribution is -0.137. The van der Waals surface area contributed by atoms with Crippen LogP contribution in [0.25, 0.3) is 0 Å². The van der Waals surface area contributed by atoms with Gasteiger partial charge in [-0.15, -0.1) is 0 Å². The van der Waals surface area contributed by atoms with Crippen LogP contribution in [0.1, 0.15) is 53.4 Å². The molecule has 0 radical (unpaired) electrons. The molecular formula is C20H33F2N3O7. The normalized spacial score (nSPS) is 13.9. The predicted molar refractivity (Wildman–Crippen MR) is 110 cm³/mol. The van der Waals surface area contributed by atoms with Crippen molar-refractivity contribution < 1.29 is 42.6 Å². The van der Waals surface area contributed by atoms with Crippen LogP contribution in [0.4, 0.5) is 13.6 Å². The first-order valence-corrected chi connectivity index (χ1v) is 10.3. The summed E-state index contributed by atoms with van der Waals surface area (Å²) in [6.07, 6.45) is -5.03. The summed E-state index contributed by atoms with van der Waals surface area (Å²) in [5.41, 5.74) is 0. The minimum absolute atomic E-state index is 0.0326. The molecule has 0 heterocycles. The van der Waals surface area contributed by atoms with Gasteiger partial charge in [0.1, 0.15) is 18.4 Å². The summed E-state index contributed by atoms with van der Waals surface area (Å²) in [6.45, 7) is 7.20. The van der Waals surface area contributed by atoms with Crippen LogP contribution in [0.15, 0.2) is 0 Å². The van der Waals surface area contributed by atoms with Crippen LogP contribution in [-0.2, 0) is 23.9 Å². The molecule has 0 bridgehead atoms. The number of carboxylic acid groups (broad SMARTS) is 1. The Bertz CT molecular complexity index is 645. The van der Waals surface area contributed by atoms with E-state index in [4.69, 9.17) is 9.84 Å². The molecule has 0 aliphatic carbocycles. The fourth-order valence-corrected chi connectivity index (χ4v) is 2.56. The van der Waals surface area contributed by atoms with E-state index in [1.807, 2.05) is 0 Å². The molecule has 12 heteroatoms. The molecule has 184 valence electrons. The van der Waals surface area contributed by atoms with E-state index >= 15 is 0 Å². The molecule has 32 heavy (non-hydrogen) atoms. The number of alkyl carbamates (subject to hydrolysis) is 1. The monoisotopic (exact) mass is 465 g/mol. The molecule has 0 aromatic rings. The van der Waals surface area contributed by atoms with Crippen LogP contribution in [0, 0.1) is 11.8 Å². The van der Waals surface area contributed by atoms with Crippen LogP contribution in [0.2, 0.25) is 0 Å². The summed E-state index contributed by atoms with van der Waals surface area (Å²) in [5.74, 6) is -2.95. The molecule has 0 fully saturated rings. The van der Waals surface area contributed by atoms with Gasteiger partial charge in [-0.2, -0.15) is 0 Å². The second-order valence-electron chi connectivity index (χ2n) is 8.19. The number of nitrogens with one attached hydrogen (secondary N) is 3. The number of alkyl halides is 2. The summed E-state index contributed by atoms with van der Waals surface area (Å²) in [7, 11) is 0. The molecule has 0 spiro atoms. The SMILES string of the molecule is CC(C)COC(=O)N[C@@H](CCC(=O)O)C(=O)NC(CC(C)C)C(=O)NC(C=O)CC(F)F. The van der Waals surface area contributed by atoms with Crippen molar-refractivity contribution in [1.82, 2.24) is 16.0 Å². The number of aldehydes is 1. The second kappa shape index (κ2) is 15.1. The highest BCUT2D eigenvalue weighted by Gasteiger charge is 2.29. The van der Waals surface area contributed by atoms with Gasteiger partial charge in [0.05, 0.1) is 12.6 Å². The van der Waals surface area contributed by atoms with Gasteiger partial charge in [0, 0.05) is 12.8 Å². The fraction of sp³-hybridized carbons (Fsp3) is 0.750. The number of hydrogen-bond donors (Lipinski definition) is 4. The average molecular weight is 465 g/mol. The Kier molecular flexibility index (Phi) is 13.8. The smallest absolute Gasteiger partial charge is 0.407 e. The van der Waals surface area contributed by atoms with Gasteiger partial charge in [-0.3, -0.25) is 14.4 Å². The third-order valence-electron chi connectivity index (χ3n) is 4.07. The second-order valence-corrected chi connectivity index (χ2v) is 8.19. The van der Waals surface area contributed by atoms with E-state index in [2.05, 4.69) is 16.0 Å². The van der Waals surface area contributed by atoms with Gasteiger partial charge in [-0.05, 0) is 24.7 Å². The van der Waals surface area contributed by atoms with Crippen molar-refractivity contribution in [3.63, 3.8) is 0 Å². The lowest BCUT2D eigenvalue weighted by Gasteiger charge is -2.25. The number of ether oxygens (including phenoxy) is 1. The number of amides is 3. The van der Waals surface area contributed by atoms with Crippen LogP contribution < -0.4 is 16.0 Å². The molecular weight excluding hydrogens is 432 g/mol. The number of rotatable bonds is 15. The maximum absolute atomic E-state index is 12.7. The third kappa shape index (κ3) is 13.5. The quantitative estimate of drug-likeness (QED) is 0.267. The van der Waals surface area contributed by atoms with E-state index in [0.29, 0.717) is 0 Å². The summed E-state index contributed by atoms with van der Waals surface area (Å²) in [6, 6.07) is -3.93. The number of halogens is 2. The van der Waals surface area contributed by atoms with E-state index in [1.54, 1.807) is 27.7 Å². The minimum Gasteiger partial charge on any atom is -0.481 e. The Hall–Kier alpha value is -2.79. The molecule has 0 saturated heterocycles. The van der Waals surface area contributed by atoms with Gasteiger partial charge < -0.3 is 30.6 Å². The minimum atomic E-state index is -2.81. The maximum Gasteiger partial charge on any atom is 0.407 e. The van der Waals surface area contributed by atoms with Crippen molar-refractivity contribution in [1.29, 1.82) is 0 Å². The van der Waals surface area contributed by atoms with Gasteiger partial charge in [0.15, 0.2) is 0 Å². The molecule has 0 rings (SSSR count). The molecule has 0 aromatic carbocycles. The molecule has 4 N–H and O–H groups in total. The first-order chi connectivity index (χ1) is 14.8. The standard InChI is InChI=1S/C20H33F2N3O7/c1-11(2)7-15(19(30)23-13(9-26)8-16(21)22)24-18(29)14(5-6-17(27)28)25-20(31)32-10-12(3)4/h9,11-16H,5-8,10H2,1-4H3,(H,23,30)(H,24,29)(H,25,31)(H,27,28)/t13?,14-,15?/m0/s1. The van der Waals surface area contributed by atoms with Crippen molar-refractivity contribution in [3.05, 3.63) is 0 Å². The van der Waals surface area contributed by atoms with Gasteiger partial charge in [0.2, 0.25) is 18.2 Å². The van der Waals surface area contributed by atoms with Gasteiger partial charge >= 0.3 is 12.1 Å². The van der Waals surface area contributed by atoms with Crippen LogP contribution in [0.5, 0.6) is 0 Å². The highest BCUT2D eigenvalue weighted by molar-refractivity contribution is 5.92. The molecule has 3 amide bonds. The van der Waals surface area contributed by atoms with Gasteiger partial charge in [-0.25, -0.2) is 13.6 Å². The highest BCUT2D eigenvalue weighted by Crippen LogP contribution is 2.09. The summed E-state index contributed by atoms with van der Waals surface area (Å²) >= 11 is 0. The third-order valence-corrected chi connectivity index (χ3v) is 4.07. The zero-order chi connectivity index (χ0) is 24.8. The summed E-state index contributed by atoms with van der Waals surface area (Å²) in [5, 5.41) is 15.8. The molecule has 0 aromatic heterocycles. The van der Waals surface area contributed by atoms with E-state index in [0.717, 1.165) is 0 Å². The number of hydrogen-bond acceptors (Lipinski definition) is 6. The molecule has 2 unspecified atom stereocenters. The molecule has 0 aliphatic rings. The predicted octanol–water partition coefficient (Wildman–Crippen LogP) is 1.47. The van der Waals surface area contributed by atoms with Crippen molar-refractivity contribution >= 4 is 30.2 Å². The van der Waals surface area contributed by atoms with Gasteiger partial charge in [-0.1, -0.05) is 27.7 Å². The van der Waals surface area contributed by atoms with Crippen molar-refractivity contribution in [2.24, 2.45) is 11.8 Å². The Morgan fingerprint density at radius 1 is 0.906 bits per heavy atom. The highest BCUT2D eigenvalue weighted by atomic mass is 19.3. The fourth-order valence-electron chi connectivity index (χ4n) is 2.56. The van der Waals surface area contributed by atoms with E-state index in [9.17, 15) is 32.8 Å². The lowest BCUT2D eigenvalue weighted by Crippen LogP contribution is -2.55. The number of carboxylic acids is 1. The Labute approximate surface area is 185 Å². The molecule has 3 atom stereocenters.